The summed E-state index contributed by atoms with van der Waals surface area (Å²) in [6.45, 7) is 6.51. The number of unbranched alkanes of at least 4 members (excludes halogenated alkanes) is 38. The van der Waals surface area contributed by atoms with Gasteiger partial charge in [0, 0.05) is 19.3 Å². The summed E-state index contributed by atoms with van der Waals surface area (Å²) >= 11 is 0. The summed E-state index contributed by atoms with van der Waals surface area (Å²) in [5.41, 5.74) is 0. The lowest BCUT2D eigenvalue weighted by atomic mass is 10.0. The summed E-state index contributed by atoms with van der Waals surface area (Å²) in [4.78, 5) is 38.3. The van der Waals surface area contributed by atoms with E-state index in [4.69, 9.17) is 14.2 Å². The Morgan fingerprint density at radius 2 is 0.506 bits per heavy atom. The van der Waals surface area contributed by atoms with E-state index in [0.29, 0.717) is 19.3 Å². The van der Waals surface area contributed by atoms with Crippen LogP contribution in [0.4, 0.5) is 0 Å². The second kappa shape index (κ2) is 65.4. The fourth-order valence-corrected chi connectivity index (χ4v) is 9.66. The molecular weight excluding hydrogens is 949 g/mol. The quantitative estimate of drug-likeness (QED) is 0.0261. The van der Waals surface area contributed by atoms with Crippen LogP contribution in [-0.4, -0.2) is 37.2 Å². The van der Waals surface area contributed by atoms with Gasteiger partial charge >= 0.3 is 17.9 Å². The molecule has 0 aliphatic rings. The third-order valence-electron chi connectivity index (χ3n) is 14.7. The molecule has 0 rings (SSSR count). The number of allylic oxidation sites excluding steroid dienone is 12. The van der Waals surface area contributed by atoms with E-state index >= 15 is 0 Å². The van der Waals surface area contributed by atoms with Crippen LogP contribution in [0.15, 0.2) is 72.9 Å². The summed E-state index contributed by atoms with van der Waals surface area (Å²) in [6, 6.07) is 0. The number of carbonyl (C=O) groups excluding carboxylic acids is 3. The van der Waals surface area contributed by atoms with E-state index in [9.17, 15) is 14.4 Å². The number of hydrogen-bond acceptors (Lipinski definition) is 6. The number of hydrogen-bond donors (Lipinski definition) is 0. The molecule has 0 N–H and O–H groups in total. The lowest BCUT2D eigenvalue weighted by Crippen LogP contribution is -2.30. The maximum absolute atomic E-state index is 12.9. The van der Waals surface area contributed by atoms with Crippen molar-refractivity contribution in [3.05, 3.63) is 72.9 Å². The first-order chi connectivity index (χ1) is 38.0. The number of rotatable bonds is 61. The fraction of sp³-hybridized carbons (Fsp3) is 0.789. The molecule has 1 unspecified atom stereocenters. The molecule has 0 aliphatic heterocycles. The Balaban J connectivity index is 4.22. The van der Waals surface area contributed by atoms with Gasteiger partial charge in [0.25, 0.3) is 0 Å². The maximum atomic E-state index is 12.9. The Kier molecular flexibility index (Phi) is 62.7. The zero-order valence-electron chi connectivity index (χ0n) is 51.2. The predicted octanol–water partition coefficient (Wildman–Crippen LogP) is 22.9. The van der Waals surface area contributed by atoms with Crippen LogP contribution in [-0.2, 0) is 28.6 Å². The second-order valence-electron chi connectivity index (χ2n) is 22.3. The highest BCUT2D eigenvalue weighted by molar-refractivity contribution is 5.71. The Labute approximate surface area is 478 Å². The average molecular weight is 1080 g/mol. The maximum Gasteiger partial charge on any atom is 0.306 e. The molecule has 0 radical (unpaired) electrons. The topological polar surface area (TPSA) is 78.9 Å². The molecule has 0 bridgehead atoms. The van der Waals surface area contributed by atoms with E-state index in [1.165, 1.54) is 186 Å². The minimum absolute atomic E-state index is 0.0848. The lowest BCUT2D eigenvalue weighted by molar-refractivity contribution is -0.167. The molecule has 0 aromatic rings. The molecule has 0 fully saturated rings. The van der Waals surface area contributed by atoms with Crippen LogP contribution in [0.25, 0.3) is 0 Å². The Morgan fingerprint density at radius 3 is 0.831 bits per heavy atom. The number of esters is 3. The van der Waals surface area contributed by atoms with Crippen molar-refractivity contribution in [2.45, 2.75) is 348 Å². The van der Waals surface area contributed by atoms with Crippen molar-refractivity contribution < 1.29 is 28.6 Å². The molecule has 6 nitrogen and oxygen atoms in total. The van der Waals surface area contributed by atoms with Gasteiger partial charge in [0.2, 0.25) is 0 Å². The van der Waals surface area contributed by atoms with E-state index in [-0.39, 0.29) is 31.1 Å². The smallest absolute Gasteiger partial charge is 0.306 e. The molecule has 0 heterocycles. The van der Waals surface area contributed by atoms with Crippen molar-refractivity contribution in [1.82, 2.24) is 0 Å². The van der Waals surface area contributed by atoms with Gasteiger partial charge in [-0.15, -0.1) is 0 Å². The molecule has 0 saturated carbocycles. The zero-order valence-corrected chi connectivity index (χ0v) is 51.2. The van der Waals surface area contributed by atoms with E-state index in [0.717, 1.165) is 116 Å². The number of ether oxygens (including phenoxy) is 3. The number of carbonyl (C=O) groups is 3. The van der Waals surface area contributed by atoms with Crippen molar-refractivity contribution in [3.8, 4) is 0 Å². The van der Waals surface area contributed by atoms with Gasteiger partial charge in [-0.25, -0.2) is 0 Å². The monoisotopic (exact) mass is 1070 g/mol. The molecule has 0 aromatic heterocycles. The van der Waals surface area contributed by atoms with Gasteiger partial charge in [0.1, 0.15) is 13.2 Å². The molecule has 0 aromatic carbocycles. The van der Waals surface area contributed by atoms with Crippen molar-refractivity contribution in [3.63, 3.8) is 0 Å². The van der Waals surface area contributed by atoms with Crippen LogP contribution in [0.2, 0.25) is 0 Å². The van der Waals surface area contributed by atoms with Crippen molar-refractivity contribution in [2.75, 3.05) is 13.2 Å². The van der Waals surface area contributed by atoms with E-state index in [1.807, 2.05) is 0 Å². The normalized spacial score (nSPS) is 12.5. The van der Waals surface area contributed by atoms with E-state index in [2.05, 4.69) is 93.7 Å². The third kappa shape index (κ3) is 63.6. The first-order valence-corrected chi connectivity index (χ1v) is 33.4. The van der Waals surface area contributed by atoms with Crippen LogP contribution in [0.1, 0.15) is 342 Å². The highest BCUT2D eigenvalue weighted by Crippen LogP contribution is 2.17. The summed E-state index contributed by atoms with van der Waals surface area (Å²) in [6.07, 6.45) is 85.0. The molecule has 0 saturated heterocycles. The minimum atomic E-state index is -0.791. The van der Waals surface area contributed by atoms with Crippen LogP contribution in [0, 0.1) is 0 Å². The summed E-state index contributed by atoms with van der Waals surface area (Å²) < 4.78 is 16.9. The van der Waals surface area contributed by atoms with Crippen LogP contribution in [0.5, 0.6) is 0 Å². The Hall–Kier alpha value is -3.15. The van der Waals surface area contributed by atoms with Gasteiger partial charge in [0.05, 0.1) is 0 Å². The Bertz CT molecular complexity index is 1420. The van der Waals surface area contributed by atoms with Crippen molar-refractivity contribution >= 4 is 17.9 Å². The molecule has 446 valence electrons. The van der Waals surface area contributed by atoms with Gasteiger partial charge in [-0.05, 0) is 109 Å². The molecular formula is C71H126O6. The largest absolute Gasteiger partial charge is 0.462 e. The minimum Gasteiger partial charge on any atom is -0.462 e. The Morgan fingerprint density at radius 1 is 0.273 bits per heavy atom. The van der Waals surface area contributed by atoms with Crippen molar-refractivity contribution in [1.29, 1.82) is 0 Å². The second-order valence-corrected chi connectivity index (χ2v) is 22.3. The lowest BCUT2D eigenvalue weighted by Gasteiger charge is -2.18. The van der Waals surface area contributed by atoms with Gasteiger partial charge in [-0.3, -0.25) is 14.4 Å². The molecule has 6 heteroatoms. The molecule has 0 amide bonds. The van der Waals surface area contributed by atoms with E-state index < -0.39 is 6.10 Å². The van der Waals surface area contributed by atoms with Gasteiger partial charge < -0.3 is 14.2 Å². The third-order valence-corrected chi connectivity index (χ3v) is 14.7. The molecule has 1 atom stereocenters. The van der Waals surface area contributed by atoms with Crippen LogP contribution in [0.3, 0.4) is 0 Å². The summed E-state index contributed by atoms with van der Waals surface area (Å²) in [5.74, 6) is -0.901. The standard InChI is InChI=1S/C71H126O6/c1-4-7-10-13-16-19-22-25-28-29-30-31-32-33-34-35-36-37-38-39-40-41-44-46-49-52-55-58-61-64-70(73)76-67-68(77-71(74)65-62-59-56-53-50-47-43-27-24-21-18-15-12-9-6-3)66-75-69(72)63-60-57-54-51-48-45-42-26-23-20-17-14-11-8-5-2/h9,12,17-18,20-21,26-27,29-30,42-43,68H,4-8,10-11,13-16,19,22-25,28,31-41,44-67H2,1-3H3/b12-9-,20-17-,21-18-,30-29-,42-26-,43-27-. The van der Waals surface area contributed by atoms with Gasteiger partial charge in [-0.1, -0.05) is 286 Å². The first-order valence-electron chi connectivity index (χ1n) is 33.4. The van der Waals surface area contributed by atoms with Crippen molar-refractivity contribution in [2.24, 2.45) is 0 Å². The first kappa shape index (κ1) is 73.8. The SMILES string of the molecule is CC/C=C\C/C=C\C/C=C\CCCCCCCC(=O)OC(COC(=O)CCCCCCC/C=C\C/C=C\CCCCC)COC(=O)CCCCCCCCCCCCCCCCCCC/C=C\CCCCCCCCCC. The molecule has 0 spiro atoms. The average Bonchev–Trinajstić information content (AvgIpc) is 3.43. The highest BCUT2D eigenvalue weighted by atomic mass is 16.6. The summed E-state index contributed by atoms with van der Waals surface area (Å²) in [5, 5.41) is 0. The highest BCUT2D eigenvalue weighted by Gasteiger charge is 2.19. The molecule has 77 heavy (non-hydrogen) atoms. The zero-order chi connectivity index (χ0) is 55.7. The predicted molar refractivity (Wildman–Crippen MR) is 335 cm³/mol. The fourth-order valence-electron chi connectivity index (χ4n) is 9.66. The van der Waals surface area contributed by atoms with Gasteiger partial charge in [0.15, 0.2) is 6.10 Å². The summed E-state index contributed by atoms with van der Waals surface area (Å²) in [7, 11) is 0. The van der Waals surface area contributed by atoms with E-state index in [1.54, 1.807) is 0 Å². The van der Waals surface area contributed by atoms with Crippen LogP contribution < -0.4 is 0 Å². The molecule has 0 aliphatic carbocycles. The van der Waals surface area contributed by atoms with Crippen LogP contribution >= 0.6 is 0 Å². The van der Waals surface area contributed by atoms with Gasteiger partial charge in [-0.2, -0.15) is 0 Å².